The third kappa shape index (κ3) is 8.13. The van der Waals surface area contributed by atoms with Gasteiger partial charge in [0.2, 0.25) is 5.91 Å². The summed E-state index contributed by atoms with van der Waals surface area (Å²) in [5.74, 6) is 1.14. The molecular formula is C10H20N2OS. The maximum Gasteiger partial charge on any atom is 0.234 e. The summed E-state index contributed by atoms with van der Waals surface area (Å²) in [4.78, 5) is 11.3. The summed E-state index contributed by atoms with van der Waals surface area (Å²) in [6.45, 7) is 6.64. The molecule has 0 spiro atoms. The first-order valence-electron chi connectivity index (χ1n) is 4.80. The van der Waals surface area contributed by atoms with E-state index in [1.807, 2.05) is 6.92 Å². The van der Waals surface area contributed by atoms with Crippen molar-refractivity contribution in [1.82, 2.24) is 10.6 Å². The van der Waals surface area contributed by atoms with Crippen molar-refractivity contribution in [2.75, 3.05) is 25.1 Å². The quantitative estimate of drug-likeness (QED) is 0.470. The van der Waals surface area contributed by atoms with E-state index in [9.17, 15) is 4.79 Å². The Morgan fingerprint density at radius 1 is 1.64 bits per heavy atom. The van der Waals surface area contributed by atoms with E-state index >= 15 is 0 Å². The summed E-state index contributed by atoms with van der Waals surface area (Å²) in [6.07, 6.45) is 4.83. The molecule has 2 N–H and O–H groups in total. The summed E-state index contributed by atoms with van der Waals surface area (Å²) in [5.41, 5.74) is 0. The zero-order chi connectivity index (χ0) is 10.8. The Hall–Kier alpha value is -0.480. The van der Waals surface area contributed by atoms with E-state index in [0.717, 1.165) is 12.2 Å². The molecule has 1 atom stereocenters. The van der Waals surface area contributed by atoms with Crippen molar-refractivity contribution in [2.24, 2.45) is 0 Å². The molecule has 0 radical (unpaired) electrons. The van der Waals surface area contributed by atoms with Gasteiger partial charge in [-0.05, 0) is 25.4 Å². The van der Waals surface area contributed by atoms with Crippen LogP contribution in [0.3, 0.4) is 0 Å². The molecule has 0 aromatic rings. The van der Waals surface area contributed by atoms with Crippen molar-refractivity contribution < 1.29 is 4.79 Å². The van der Waals surface area contributed by atoms with Gasteiger partial charge in [0.15, 0.2) is 0 Å². The lowest BCUT2D eigenvalue weighted by Gasteiger charge is -2.13. The van der Waals surface area contributed by atoms with E-state index in [0.29, 0.717) is 13.1 Å². The van der Waals surface area contributed by atoms with Crippen LogP contribution in [0.5, 0.6) is 0 Å². The lowest BCUT2D eigenvalue weighted by Crippen LogP contribution is -2.39. The number of carbonyl (C=O) groups is 1. The predicted octanol–water partition coefficient (Wildman–Crippen LogP) is 1.02. The number of hydrogen-bond acceptors (Lipinski definition) is 3. The Kier molecular flexibility index (Phi) is 8.78. The van der Waals surface area contributed by atoms with Crippen molar-refractivity contribution in [1.29, 1.82) is 0 Å². The second kappa shape index (κ2) is 9.09. The van der Waals surface area contributed by atoms with Gasteiger partial charge >= 0.3 is 0 Å². The molecule has 82 valence electrons. The van der Waals surface area contributed by atoms with Crippen molar-refractivity contribution in [2.45, 2.75) is 19.4 Å². The minimum Gasteiger partial charge on any atom is -0.353 e. The summed E-state index contributed by atoms with van der Waals surface area (Å²) in [6, 6.07) is 0.264. The predicted molar refractivity (Wildman–Crippen MR) is 63.7 cm³/mol. The van der Waals surface area contributed by atoms with Crippen molar-refractivity contribution in [3.05, 3.63) is 12.7 Å². The monoisotopic (exact) mass is 216 g/mol. The second-order valence-corrected chi connectivity index (χ2v) is 4.16. The molecule has 14 heavy (non-hydrogen) atoms. The number of carbonyl (C=O) groups excluding carboxylic acids is 1. The molecular weight excluding hydrogens is 196 g/mol. The summed E-state index contributed by atoms with van der Waals surface area (Å²) >= 11 is 1.80. The number of nitrogens with one attached hydrogen (secondary N) is 2. The Morgan fingerprint density at radius 3 is 2.93 bits per heavy atom. The van der Waals surface area contributed by atoms with Crippen molar-refractivity contribution in [3.63, 3.8) is 0 Å². The highest BCUT2D eigenvalue weighted by Crippen LogP contribution is 1.99. The average Bonchev–Trinajstić information content (AvgIpc) is 2.15. The molecule has 0 saturated heterocycles. The highest BCUT2D eigenvalue weighted by Gasteiger charge is 2.05. The van der Waals surface area contributed by atoms with Gasteiger partial charge in [0.1, 0.15) is 0 Å². The van der Waals surface area contributed by atoms with Gasteiger partial charge in [0.05, 0.1) is 6.54 Å². The average molecular weight is 216 g/mol. The molecule has 1 unspecified atom stereocenters. The Balaban J connectivity index is 3.44. The van der Waals surface area contributed by atoms with Gasteiger partial charge in [0, 0.05) is 12.6 Å². The molecule has 4 heteroatoms. The number of hydrogen-bond donors (Lipinski definition) is 2. The van der Waals surface area contributed by atoms with Gasteiger partial charge < -0.3 is 10.6 Å². The van der Waals surface area contributed by atoms with Crippen LogP contribution in [0, 0.1) is 0 Å². The smallest absolute Gasteiger partial charge is 0.234 e. The lowest BCUT2D eigenvalue weighted by molar-refractivity contribution is -0.120. The second-order valence-electron chi connectivity index (χ2n) is 3.17. The molecule has 0 aromatic heterocycles. The van der Waals surface area contributed by atoms with Crippen LogP contribution in [0.15, 0.2) is 12.7 Å². The van der Waals surface area contributed by atoms with E-state index in [1.165, 1.54) is 0 Å². The largest absolute Gasteiger partial charge is 0.353 e. The number of rotatable bonds is 8. The molecule has 0 aliphatic heterocycles. The van der Waals surface area contributed by atoms with Gasteiger partial charge in [0.25, 0.3) is 0 Å². The summed E-state index contributed by atoms with van der Waals surface area (Å²) in [7, 11) is 0. The van der Waals surface area contributed by atoms with Gasteiger partial charge in [-0.2, -0.15) is 11.8 Å². The molecule has 0 saturated carbocycles. The fourth-order valence-corrected chi connectivity index (χ4v) is 1.57. The van der Waals surface area contributed by atoms with Gasteiger partial charge in [-0.1, -0.05) is 6.08 Å². The molecule has 0 aromatic carbocycles. The minimum absolute atomic E-state index is 0.0560. The molecule has 0 aliphatic carbocycles. The number of thioether (sulfide) groups is 1. The molecule has 0 fully saturated rings. The normalized spacial score (nSPS) is 12.1. The highest BCUT2D eigenvalue weighted by molar-refractivity contribution is 7.98. The van der Waals surface area contributed by atoms with Crippen LogP contribution in [0.1, 0.15) is 13.3 Å². The van der Waals surface area contributed by atoms with Crippen LogP contribution in [-0.4, -0.2) is 37.0 Å². The van der Waals surface area contributed by atoms with E-state index < -0.39 is 0 Å². The molecule has 0 aliphatic rings. The standard InChI is InChI=1S/C10H20N2OS/c1-4-6-11-8-10(13)12-9(2)5-7-14-3/h4,9,11H,1,5-8H2,2-3H3,(H,12,13). The fourth-order valence-electron chi connectivity index (χ4n) is 0.980. The first-order chi connectivity index (χ1) is 6.70. The first kappa shape index (κ1) is 13.5. The molecule has 0 rings (SSSR count). The SMILES string of the molecule is C=CCNCC(=O)NC(C)CCSC. The first-order valence-corrected chi connectivity index (χ1v) is 6.20. The van der Waals surface area contributed by atoms with Crippen LogP contribution in [-0.2, 0) is 4.79 Å². The zero-order valence-corrected chi connectivity index (χ0v) is 9.82. The van der Waals surface area contributed by atoms with Crippen LogP contribution < -0.4 is 10.6 Å². The van der Waals surface area contributed by atoms with Crippen molar-refractivity contribution >= 4 is 17.7 Å². The van der Waals surface area contributed by atoms with Gasteiger partial charge in [-0.15, -0.1) is 6.58 Å². The van der Waals surface area contributed by atoms with E-state index in [2.05, 4.69) is 23.5 Å². The lowest BCUT2D eigenvalue weighted by atomic mass is 10.2. The van der Waals surface area contributed by atoms with E-state index in [4.69, 9.17) is 0 Å². The minimum atomic E-state index is 0.0560. The maximum absolute atomic E-state index is 11.3. The molecule has 3 nitrogen and oxygen atoms in total. The maximum atomic E-state index is 11.3. The van der Waals surface area contributed by atoms with Crippen molar-refractivity contribution in [3.8, 4) is 0 Å². The van der Waals surface area contributed by atoms with Crippen LogP contribution >= 0.6 is 11.8 Å². The molecule has 0 bridgehead atoms. The van der Waals surface area contributed by atoms with Gasteiger partial charge in [-0.25, -0.2) is 0 Å². The Labute approximate surface area is 90.7 Å². The summed E-state index contributed by atoms with van der Waals surface area (Å²) < 4.78 is 0. The fraction of sp³-hybridized carbons (Fsp3) is 0.700. The van der Waals surface area contributed by atoms with Crippen LogP contribution in [0.4, 0.5) is 0 Å². The third-order valence-corrected chi connectivity index (χ3v) is 2.38. The topological polar surface area (TPSA) is 41.1 Å². The van der Waals surface area contributed by atoms with E-state index in [-0.39, 0.29) is 11.9 Å². The van der Waals surface area contributed by atoms with Crippen LogP contribution in [0.2, 0.25) is 0 Å². The van der Waals surface area contributed by atoms with Gasteiger partial charge in [-0.3, -0.25) is 4.79 Å². The third-order valence-electron chi connectivity index (χ3n) is 1.74. The Bertz CT molecular complexity index is 174. The zero-order valence-electron chi connectivity index (χ0n) is 9.01. The highest BCUT2D eigenvalue weighted by atomic mass is 32.2. The number of amides is 1. The summed E-state index contributed by atoms with van der Waals surface area (Å²) in [5, 5.41) is 5.89. The van der Waals surface area contributed by atoms with Crippen LogP contribution in [0.25, 0.3) is 0 Å². The molecule has 0 heterocycles. The van der Waals surface area contributed by atoms with E-state index in [1.54, 1.807) is 17.8 Å². The molecule has 1 amide bonds. The Morgan fingerprint density at radius 2 is 2.36 bits per heavy atom.